The Bertz CT molecular complexity index is 386. The van der Waals surface area contributed by atoms with Crippen molar-refractivity contribution in [2.45, 2.75) is 42.2 Å². The van der Waals surface area contributed by atoms with E-state index in [0.717, 1.165) is 11.6 Å². The summed E-state index contributed by atoms with van der Waals surface area (Å²) in [7, 11) is 0. The largest absolute Gasteiger partial charge is 0.330 e. The molecule has 2 rings (SSSR count). The molecule has 3 heteroatoms. The highest BCUT2D eigenvalue weighted by Gasteiger charge is 2.42. The summed E-state index contributed by atoms with van der Waals surface area (Å²) in [5.74, 6) is 0. The predicted molar refractivity (Wildman–Crippen MR) is 72.4 cm³/mol. The zero-order valence-electron chi connectivity index (χ0n) is 9.79. The van der Waals surface area contributed by atoms with E-state index in [0.29, 0.717) is 5.25 Å². The fourth-order valence-corrected chi connectivity index (χ4v) is 3.08. The van der Waals surface area contributed by atoms with Crippen LogP contribution in [0.2, 0.25) is 5.02 Å². The Kier molecular flexibility index (Phi) is 3.53. The van der Waals surface area contributed by atoms with Gasteiger partial charge in [0.1, 0.15) is 0 Å². The van der Waals surface area contributed by atoms with Crippen molar-refractivity contribution in [1.82, 2.24) is 0 Å². The summed E-state index contributed by atoms with van der Waals surface area (Å²) in [5.41, 5.74) is 7.38. The second-order valence-corrected chi connectivity index (χ2v) is 6.82. The fourth-order valence-electron chi connectivity index (χ4n) is 1.94. The van der Waals surface area contributed by atoms with Crippen LogP contribution in [-0.4, -0.2) is 11.8 Å². The van der Waals surface area contributed by atoms with Crippen LogP contribution in [0.1, 0.15) is 32.3 Å². The molecule has 1 nitrogen and oxygen atoms in total. The van der Waals surface area contributed by atoms with Gasteiger partial charge in [-0.2, -0.15) is 0 Å². The van der Waals surface area contributed by atoms with Crippen molar-refractivity contribution in [3.63, 3.8) is 0 Å². The number of nitrogens with two attached hydrogens (primary N) is 1. The highest BCUT2D eigenvalue weighted by atomic mass is 35.5. The van der Waals surface area contributed by atoms with E-state index in [4.69, 9.17) is 17.3 Å². The van der Waals surface area contributed by atoms with Crippen molar-refractivity contribution >= 4 is 23.4 Å². The minimum atomic E-state index is 0.241. The lowest BCUT2D eigenvalue weighted by molar-refractivity contribution is 0.704. The van der Waals surface area contributed by atoms with E-state index in [2.05, 4.69) is 32.0 Å². The molecule has 0 bridgehead atoms. The van der Waals surface area contributed by atoms with Crippen molar-refractivity contribution < 1.29 is 0 Å². The van der Waals surface area contributed by atoms with Crippen molar-refractivity contribution in [2.75, 3.05) is 6.54 Å². The van der Waals surface area contributed by atoms with Crippen LogP contribution in [0, 0.1) is 0 Å². The zero-order valence-corrected chi connectivity index (χ0v) is 11.4. The molecule has 0 saturated heterocycles. The van der Waals surface area contributed by atoms with E-state index in [1.807, 2.05) is 11.8 Å². The van der Waals surface area contributed by atoms with Crippen LogP contribution in [0.5, 0.6) is 0 Å². The Balaban J connectivity index is 2.23. The van der Waals surface area contributed by atoms with Crippen LogP contribution in [0.15, 0.2) is 23.1 Å². The van der Waals surface area contributed by atoms with Gasteiger partial charge in [-0.1, -0.05) is 31.5 Å². The van der Waals surface area contributed by atoms with Crippen LogP contribution in [0.25, 0.3) is 0 Å². The molecule has 1 aromatic carbocycles. The number of hydrogen-bond donors (Lipinski definition) is 1. The molecule has 0 amide bonds. The Labute approximate surface area is 107 Å². The lowest BCUT2D eigenvalue weighted by atomic mass is 9.96. The highest BCUT2D eigenvalue weighted by Crippen LogP contribution is 2.48. The first-order valence-corrected chi connectivity index (χ1v) is 7.00. The molecule has 0 heterocycles. The first-order chi connectivity index (χ1) is 7.57. The van der Waals surface area contributed by atoms with Crippen molar-refractivity contribution in [2.24, 2.45) is 5.73 Å². The summed E-state index contributed by atoms with van der Waals surface area (Å²) in [6.07, 6.45) is 2.41. The van der Waals surface area contributed by atoms with Gasteiger partial charge in [-0.3, -0.25) is 0 Å². The smallest absolute Gasteiger partial charge is 0.0544 e. The lowest BCUT2D eigenvalue weighted by Gasteiger charge is -2.15. The molecule has 1 aliphatic rings. The maximum atomic E-state index is 6.30. The molecular weight excluding hydrogens is 238 g/mol. The molecule has 0 aromatic heterocycles. The Morgan fingerprint density at radius 3 is 2.56 bits per heavy atom. The van der Waals surface area contributed by atoms with E-state index in [9.17, 15) is 0 Å². The van der Waals surface area contributed by atoms with Crippen LogP contribution in [-0.2, 0) is 5.41 Å². The second-order valence-electron chi connectivity index (χ2n) is 4.80. The average molecular weight is 256 g/mol. The summed E-state index contributed by atoms with van der Waals surface area (Å²) >= 11 is 8.11. The first-order valence-electron chi connectivity index (χ1n) is 5.74. The minimum Gasteiger partial charge on any atom is -0.330 e. The maximum Gasteiger partial charge on any atom is 0.0544 e. The van der Waals surface area contributed by atoms with Gasteiger partial charge in [0.25, 0.3) is 0 Å². The Morgan fingerprint density at radius 1 is 1.44 bits per heavy atom. The summed E-state index contributed by atoms with van der Waals surface area (Å²) < 4.78 is 0. The van der Waals surface area contributed by atoms with Crippen LogP contribution in [0.4, 0.5) is 0 Å². The topological polar surface area (TPSA) is 26.0 Å². The molecule has 2 N–H and O–H groups in total. The molecule has 1 fully saturated rings. The van der Waals surface area contributed by atoms with Crippen molar-refractivity contribution in [3.8, 4) is 0 Å². The lowest BCUT2D eigenvalue weighted by Crippen LogP contribution is -2.19. The maximum absolute atomic E-state index is 6.30. The third kappa shape index (κ3) is 2.39. The number of benzene rings is 1. The van der Waals surface area contributed by atoms with Crippen LogP contribution >= 0.6 is 23.4 Å². The van der Waals surface area contributed by atoms with E-state index in [1.54, 1.807) is 0 Å². The van der Waals surface area contributed by atoms with Gasteiger partial charge in [-0.15, -0.1) is 11.8 Å². The van der Waals surface area contributed by atoms with Gasteiger partial charge in [0.05, 0.1) is 5.02 Å². The van der Waals surface area contributed by atoms with Gasteiger partial charge >= 0.3 is 0 Å². The minimum absolute atomic E-state index is 0.241. The van der Waals surface area contributed by atoms with Gasteiger partial charge in [-0.05, 0) is 30.5 Å². The summed E-state index contributed by atoms with van der Waals surface area (Å²) in [6.45, 7) is 5.09. The molecule has 16 heavy (non-hydrogen) atoms. The summed E-state index contributed by atoms with van der Waals surface area (Å²) in [5, 5.41) is 1.43. The van der Waals surface area contributed by atoms with E-state index in [1.165, 1.54) is 23.3 Å². The fraction of sp³-hybridized carbons (Fsp3) is 0.538. The van der Waals surface area contributed by atoms with Gasteiger partial charge in [-0.25, -0.2) is 0 Å². The van der Waals surface area contributed by atoms with Gasteiger partial charge < -0.3 is 5.73 Å². The zero-order chi connectivity index (χ0) is 11.8. The molecule has 1 saturated carbocycles. The van der Waals surface area contributed by atoms with Gasteiger partial charge in [0, 0.05) is 22.1 Å². The quantitative estimate of drug-likeness (QED) is 0.828. The number of hydrogen-bond acceptors (Lipinski definition) is 2. The van der Waals surface area contributed by atoms with Crippen LogP contribution < -0.4 is 5.73 Å². The van der Waals surface area contributed by atoms with Crippen LogP contribution in [0.3, 0.4) is 0 Å². The molecule has 1 aromatic rings. The third-order valence-corrected chi connectivity index (χ3v) is 4.66. The molecular formula is C13H18ClNS. The summed E-state index contributed by atoms with van der Waals surface area (Å²) in [4.78, 5) is 1.17. The molecule has 88 valence electrons. The Morgan fingerprint density at radius 2 is 2.12 bits per heavy atom. The molecule has 0 atom stereocenters. The molecule has 0 aliphatic heterocycles. The van der Waals surface area contributed by atoms with Gasteiger partial charge in [0.2, 0.25) is 0 Å². The monoisotopic (exact) mass is 255 g/mol. The molecule has 0 spiro atoms. The van der Waals surface area contributed by atoms with Crippen molar-refractivity contribution in [1.29, 1.82) is 0 Å². The highest BCUT2D eigenvalue weighted by molar-refractivity contribution is 8.00. The van der Waals surface area contributed by atoms with Gasteiger partial charge in [0.15, 0.2) is 0 Å². The first kappa shape index (κ1) is 12.3. The number of halogens is 1. The number of thioether (sulfide) groups is 1. The third-order valence-electron chi connectivity index (χ3n) is 3.15. The summed E-state index contributed by atoms with van der Waals surface area (Å²) in [6, 6.07) is 6.43. The SMILES string of the molecule is CC(C)Sc1ccc(C2(CN)CC2)cc1Cl. The van der Waals surface area contributed by atoms with E-state index in [-0.39, 0.29) is 5.41 Å². The predicted octanol–water partition coefficient (Wildman–Crippen LogP) is 3.83. The molecule has 1 aliphatic carbocycles. The molecule has 0 unspecified atom stereocenters. The van der Waals surface area contributed by atoms with E-state index < -0.39 is 0 Å². The molecule has 0 radical (unpaired) electrons. The normalized spacial score (nSPS) is 17.8. The Hall–Kier alpha value is -0.180. The van der Waals surface area contributed by atoms with E-state index >= 15 is 0 Å². The standard InChI is InChI=1S/C13H18ClNS/c1-9(2)16-12-4-3-10(7-11(12)14)13(8-15)5-6-13/h3-4,7,9H,5-6,8,15H2,1-2H3. The second kappa shape index (κ2) is 4.59. The average Bonchev–Trinajstić information content (AvgIpc) is 3.01. The number of rotatable bonds is 4. The van der Waals surface area contributed by atoms with Crippen molar-refractivity contribution in [3.05, 3.63) is 28.8 Å².